The Morgan fingerprint density at radius 3 is 3.00 bits per heavy atom. The summed E-state index contributed by atoms with van der Waals surface area (Å²) in [6, 6.07) is 2.28. The zero-order valence-electron chi connectivity index (χ0n) is 14.6. The quantitative estimate of drug-likeness (QED) is 0.625. The van der Waals surface area contributed by atoms with Crippen molar-refractivity contribution in [2.45, 2.75) is 19.4 Å². The minimum atomic E-state index is -0.529. The van der Waals surface area contributed by atoms with Crippen LogP contribution in [0, 0.1) is 17.2 Å². The number of imidazole rings is 1. The molecule has 1 saturated heterocycles. The smallest absolute Gasteiger partial charge is 0.252 e. The van der Waals surface area contributed by atoms with Crippen LogP contribution in [0.1, 0.15) is 28.6 Å². The number of carbonyl (C=O) groups excluding carboxylic acids is 1. The van der Waals surface area contributed by atoms with Crippen LogP contribution >= 0.6 is 11.3 Å². The summed E-state index contributed by atoms with van der Waals surface area (Å²) in [5.74, 6) is -0.238. The molecule has 27 heavy (non-hydrogen) atoms. The van der Waals surface area contributed by atoms with Crippen LogP contribution in [-0.4, -0.2) is 45.0 Å². The molecule has 1 aliphatic heterocycles. The molecule has 1 fully saturated rings. The minimum absolute atomic E-state index is 0.156. The summed E-state index contributed by atoms with van der Waals surface area (Å²) < 4.78 is 0. The SMILES string of the molecule is C[C@H]1CN(c2ncc(C#N)s2)CCC1Nc1c(C(N)=O)cnc2nc[nH]c12. The number of anilines is 2. The second-order valence-electron chi connectivity index (χ2n) is 6.59. The van der Waals surface area contributed by atoms with Gasteiger partial charge in [-0.05, 0) is 12.3 Å². The summed E-state index contributed by atoms with van der Waals surface area (Å²) >= 11 is 1.41. The molecule has 9 nitrogen and oxygen atoms in total. The van der Waals surface area contributed by atoms with Gasteiger partial charge in [0.25, 0.3) is 5.91 Å². The van der Waals surface area contributed by atoms with Gasteiger partial charge in [-0.15, -0.1) is 0 Å². The van der Waals surface area contributed by atoms with Gasteiger partial charge in [0, 0.05) is 25.3 Å². The average Bonchev–Trinajstić information content (AvgIpc) is 3.32. The minimum Gasteiger partial charge on any atom is -0.379 e. The van der Waals surface area contributed by atoms with E-state index in [-0.39, 0.29) is 6.04 Å². The molecule has 1 aliphatic rings. The number of carbonyl (C=O) groups is 1. The van der Waals surface area contributed by atoms with Crippen molar-refractivity contribution in [1.82, 2.24) is 19.9 Å². The number of rotatable bonds is 4. The highest BCUT2D eigenvalue weighted by atomic mass is 32.1. The summed E-state index contributed by atoms with van der Waals surface area (Å²) in [7, 11) is 0. The van der Waals surface area contributed by atoms with E-state index in [0.717, 1.165) is 24.6 Å². The fraction of sp³-hybridized carbons (Fsp3) is 0.353. The summed E-state index contributed by atoms with van der Waals surface area (Å²) in [4.78, 5) is 30.4. The predicted molar refractivity (Wildman–Crippen MR) is 103 cm³/mol. The van der Waals surface area contributed by atoms with E-state index >= 15 is 0 Å². The molecule has 1 amide bonds. The van der Waals surface area contributed by atoms with E-state index in [4.69, 9.17) is 11.0 Å². The molecule has 10 heteroatoms. The normalized spacial score (nSPS) is 19.8. The fourth-order valence-corrected chi connectivity index (χ4v) is 4.16. The number of piperidine rings is 1. The number of nitrogens with two attached hydrogens (primary N) is 1. The first kappa shape index (κ1) is 17.2. The highest BCUT2D eigenvalue weighted by Gasteiger charge is 2.29. The maximum absolute atomic E-state index is 11.8. The highest BCUT2D eigenvalue weighted by molar-refractivity contribution is 7.16. The molecule has 0 radical (unpaired) electrons. The van der Waals surface area contributed by atoms with E-state index in [1.165, 1.54) is 17.5 Å². The molecule has 4 heterocycles. The van der Waals surface area contributed by atoms with E-state index in [1.54, 1.807) is 12.5 Å². The number of fused-ring (bicyclic) bond motifs is 1. The Bertz CT molecular complexity index is 1040. The summed E-state index contributed by atoms with van der Waals surface area (Å²) in [6.45, 7) is 3.76. The molecule has 4 N–H and O–H groups in total. The number of nitrogens with zero attached hydrogens (tertiary/aromatic N) is 5. The zero-order valence-corrected chi connectivity index (χ0v) is 15.5. The monoisotopic (exact) mass is 382 g/mol. The van der Waals surface area contributed by atoms with Crippen LogP contribution < -0.4 is 16.0 Å². The first-order chi connectivity index (χ1) is 13.1. The van der Waals surface area contributed by atoms with E-state index in [1.807, 2.05) is 0 Å². The van der Waals surface area contributed by atoms with Gasteiger partial charge < -0.3 is 20.9 Å². The van der Waals surface area contributed by atoms with Gasteiger partial charge in [-0.2, -0.15) is 5.26 Å². The lowest BCUT2D eigenvalue weighted by Crippen LogP contribution is -2.45. The molecule has 0 spiro atoms. The van der Waals surface area contributed by atoms with Crippen molar-refractivity contribution in [3.8, 4) is 6.07 Å². The second-order valence-corrected chi connectivity index (χ2v) is 7.60. The van der Waals surface area contributed by atoms with Gasteiger partial charge in [0.1, 0.15) is 16.5 Å². The Morgan fingerprint density at radius 1 is 1.44 bits per heavy atom. The van der Waals surface area contributed by atoms with Crippen molar-refractivity contribution in [3.63, 3.8) is 0 Å². The van der Waals surface area contributed by atoms with Crippen molar-refractivity contribution < 1.29 is 4.79 Å². The zero-order chi connectivity index (χ0) is 19.0. The molecule has 0 bridgehead atoms. The molecular formula is C17H18N8OS. The Balaban J connectivity index is 1.55. The van der Waals surface area contributed by atoms with Crippen molar-refractivity contribution in [2.24, 2.45) is 11.7 Å². The third kappa shape index (κ3) is 3.17. The van der Waals surface area contributed by atoms with Crippen molar-refractivity contribution in [2.75, 3.05) is 23.3 Å². The molecule has 1 unspecified atom stereocenters. The molecule has 3 aromatic rings. The summed E-state index contributed by atoms with van der Waals surface area (Å²) in [5.41, 5.74) is 7.75. The number of hydrogen-bond acceptors (Lipinski definition) is 8. The Kier molecular flexibility index (Phi) is 4.37. The number of hydrogen-bond donors (Lipinski definition) is 3. The van der Waals surface area contributed by atoms with E-state index in [2.05, 4.69) is 43.1 Å². The number of nitrogens with one attached hydrogen (secondary N) is 2. The maximum Gasteiger partial charge on any atom is 0.252 e. The molecule has 0 aromatic carbocycles. The number of thiazole rings is 1. The average molecular weight is 382 g/mol. The predicted octanol–water partition coefficient (Wildman–Crippen LogP) is 1.71. The topological polar surface area (TPSA) is 137 Å². The first-order valence-electron chi connectivity index (χ1n) is 8.56. The fourth-order valence-electron chi connectivity index (χ4n) is 3.41. The summed E-state index contributed by atoms with van der Waals surface area (Å²) in [5, 5.41) is 13.3. The number of amides is 1. The van der Waals surface area contributed by atoms with E-state index < -0.39 is 5.91 Å². The molecular weight excluding hydrogens is 364 g/mol. The van der Waals surface area contributed by atoms with Gasteiger partial charge >= 0.3 is 0 Å². The molecule has 138 valence electrons. The Labute approximate surface area is 159 Å². The lowest BCUT2D eigenvalue weighted by Gasteiger charge is -2.37. The van der Waals surface area contributed by atoms with Crippen LogP contribution in [0.2, 0.25) is 0 Å². The molecule has 0 aliphatic carbocycles. The van der Waals surface area contributed by atoms with Crippen LogP contribution in [0.4, 0.5) is 10.8 Å². The number of pyridine rings is 1. The molecule has 4 rings (SSSR count). The van der Waals surface area contributed by atoms with Gasteiger partial charge in [0.2, 0.25) is 0 Å². The van der Waals surface area contributed by atoms with Crippen LogP contribution in [0.25, 0.3) is 11.2 Å². The van der Waals surface area contributed by atoms with Crippen LogP contribution in [-0.2, 0) is 0 Å². The van der Waals surface area contributed by atoms with E-state index in [9.17, 15) is 4.79 Å². The van der Waals surface area contributed by atoms with Crippen molar-refractivity contribution in [3.05, 3.63) is 29.2 Å². The number of primary amides is 1. The van der Waals surface area contributed by atoms with E-state index in [0.29, 0.717) is 33.2 Å². The number of nitriles is 1. The van der Waals surface area contributed by atoms with Gasteiger partial charge in [-0.3, -0.25) is 4.79 Å². The molecule has 0 saturated carbocycles. The standard InChI is InChI=1S/C17H18N8OS/c1-9-7-25(17-21-5-10(4-18)27-17)3-2-12(9)24-13-11(15(19)26)6-20-16-14(13)22-8-23-16/h5-6,8-9,12H,2-3,7H2,1H3,(H2,19,26)(H2,20,22,23,24)/t9-,12?/m0/s1. The molecule has 3 aromatic heterocycles. The van der Waals surface area contributed by atoms with Crippen molar-refractivity contribution in [1.29, 1.82) is 5.26 Å². The summed E-state index contributed by atoms with van der Waals surface area (Å²) in [6.07, 6.45) is 5.49. The molecule has 2 atom stereocenters. The maximum atomic E-state index is 11.8. The van der Waals surface area contributed by atoms with Crippen molar-refractivity contribution >= 4 is 39.2 Å². The van der Waals surface area contributed by atoms with Crippen LogP contribution in [0.5, 0.6) is 0 Å². The first-order valence-corrected chi connectivity index (χ1v) is 9.37. The lowest BCUT2D eigenvalue weighted by molar-refractivity contribution is 0.100. The number of aromatic amines is 1. The highest BCUT2D eigenvalue weighted by Crippen LogP contribution is 2.31. The largest absolute Gasteiger partial charge is 0.379 e. The third-order valence-electron chi connectivity index (χ3n) is 4.83. The lowest BCUT2D eigenvalue weighted by atomic mass is 9.93. The van der Waals surface area contributed by atoms with Gasteiger partial charge in [-0.1, -0.05) is 18.3 Å². The van der Waals surface area contributed by atoms with Gasteiger partial charge in [-0.25, -0.2) is 15.0 Å². The van der Waals surface area contributed by atoms with Crippen LogP contribution in [0.3, 0.4) is 0 Å². The third-order valence-corrected chi connectivity index (χ3v) is 5.79. The number of aromatic nitrogens is 4. The second kappa shape index (κ2) is 6.85. The van der Waals surface area contributed by atoms with Gasteiger partial charge in [0.15, 0.2) is 10.8 Å². The van der Waals surface area contributed by atoms with Gasteiger partial charge in [0.05, 0.1) is 23.8 Å². The Morgan fingerprint density at radius 2 is 2.30 bits per heavy atom. The van der Waals surface area contributed by atoms with Crippen LogP contribution in [0.15, 0.2) is 18.7 Å². The Hall–Kier alpha value is -3.19. The number of H-pyrrole nitrogens is 1.